The zero-order valence-electron chi connectivity index (χ0n) is 8.68. The Kier molecular flexibility index (Phi) is 2.70. The van der Waals surface area contributed by atoms with Gasteiger partial charge in [-0.15, -0.1) is 0 Å². The monoisotopic (exact) mass is 216 g/mol. The van der Waals surface area contributed by atoms with Crippen LogP contribution in [0.25, 0.3) is 0 Å². The Morgan fingerprint density at radius 3 is 2.80 bits per heavy atom. The van der Waals surface area contributed by atoms with Gasteiger partial charge in [0, 0.05) is 12.8 Å². The molecule has 2 heterocycles. The van der Waals surface area contributed by atoms with Crippen molar-refractivity contribution in [1.82, 2.24) is 0 Å². The molecule has 0 aliphatic carbocycles. The molecular weight excluding hydrogens is 200 g/mol. The molecule has 2 aliphatic rings. The minimum atomic E-state index is -0.956. The van der Waals surface area contributed by atoms with Gasteiger partial charge in [-0.25, -0.2) is 0 Å². The highest BCUT2D eigenvalue weighted by Crippen LogP contribution is 2.42. The molecule has 15 heavy (non-hydrogen) atoms. The van der Waals surface area contributed by atoms with Crippen molar-refractivity contribution in [3.8, 4) is 0 Å². The Hall–Kier alpha value is -0.650. The van der Waals surface area contributed by atoms with Gasteiger partial charge in [0.1, 0.15) is 0 Å². The maximum Gasteiger partial charge on any atom is 0.306 e. The topological polar surface area (TPSA) is 76.0 Å². The van der Waals surface area contributed by atoms with E-state index in [1.807, 2.05) is 6.92 Å². The average Bonchev–Trinajstić information content (AvgIpc) is 2.58. The lowest BCUT2D eigenvalue weighted by molar-refractivity contribution is -0.215. The molecule has 5 heteroatoms. The van der Waals surface area contributed by atoms with E-state index in [-0.39, 0.29) is 12.5 Å². The van der Waals surface area contributed by atoms with Gasteiger partial charge < -0.3 is 19.7 Å². The molecule has 2 fully saturated rings. The number of aliphatic carboxylic acids is 1. The summed E-state index contributed by atoms with van der Waals surface area (Å²) in [7, 11) is 0. The number of carboxylic acid groups (broad SMARTS) is 1. The fourth-order valence-corrected chi connectivity index (χ4v) is 2.35. The van der Waals surface area contributed by atoms with Crippen molar-refractivity contribution in [2.75, 3.05) is 0 Å². The summed E-state index contributed by atoms with van der Waals surface area (Å²) in [5.74, 6) is -1.68. The van der Waals surface area contributed by atoms with E-state index >= 15 is 0 Å². The zero-order chi connectivity index (χ0) is 11.1. The minimum absolute atomic E-state index is 0.126. The molecule has 0 amide bonds. The molecule has 2 N–H and O–H groups in total. The van der Waals surface area contributed by atoms with E-state index in [2.05, 4.69) is 0 Å². The zero-order valence-corrected chi connectivity index (χ0v) is 8.68. The first kappa shape index (κ1) is 10.9. The number of rotatable bonds is 2. The SMILES string of the molecule is C[C@H]1CC[C@]2(C[C@@H](O)[C@@H](CC(=O)O)O2)O1. The van der Waals surface area contributed by atoms with Gasteiger partial charge in [-0.05, 0) is 13.3 Å². The van der Waals surface area contributed by atoms with Crippen LogP contribution in [0.2, 0.25) is 0 Å². The van der Waals surface area contributed by atoms with Gasteiger partial charge in [0.15, 0.2) is 5.79 Å². The van der Waals surface area contributed by atoms with Gasteiger partial charge in [0.2, 0.25) is 0 Å². The second kappa shape index (κ2) is 3.73. The number of carbonyl (C=O) groups is 1. The van der Waals surface area contributed by atoms with Crippen molar-refractivity contribution < 1.29 is 24.5 Å². The third-order valence-electron chi connectivity index (χ3n) is 3.04. The molecule has 0 unspecified atom stereocenters. The molecule has 5 nitrogen and oxygen atoms in total. The van der Waals surface area contributed by atoms with E-state index in [0.29, 0.717) is 6.42 Å². The highest BCUT2D eigenvalue weighted by molar-refractivity contribution is 5.67. The second-order valence-corrected chi connectivity index (χ2v) is 4.40. The Bertz CT molecular complexity index is 267. The van der Waals surface area contributed by atoms with E-state index in [1.54, 1.807) is 0 Å². The van der Waals surface area contributed by atoms with Gasteiger partial charge in [0.25, 0.3) is 0 Å². The highest BCUT2D eigenvalue weighted by Gasteiger charge is 2.50. The Morgan fingerprint density at radius 2 is 2.27 bits per heavy atom. The summed E-state index contributed by atoms with van der Waals surface area (Å²) in [6, 6.07) is 0. The van der Waals surface area contributed by atoms with E-state index in [0.717, 1.165) is 12.8 Å². The van der Waals surface area contributed by atoms with Gasteiger partial charge in [-0.3, -0.25) is 4.79 Å². The number of hydrogen-bond donors (Lipinski definition) is 2. The van der Waals surface area contributed by atoms with Crippen LogP contribution in [0.4, 0.5) is 0 Å². The van der Waals surface area contributed by atoms with Crippen LogP contribution in [-0.4, -0.2) is 40.3 Å². The normalized spacial score (nSPS) is 45.1. The van der Waals surface area contributed by atoms with Crippen molar-refractivity contribution in [2.45, 2.75) is 56.7 Å². The van der Waals surface area contributed by atoms with Gasteiger partial charge >= 0.3 is 5.97 Å². The molecule has 0 aromatic heterocycles. The summed E-state index contributed by atoms with van der Waals surface area (Å²) in [5.41, 5.74) is 0. The van der Waals surface area contributed by atoms with Crippen LogP contribution in [-0.2, 0) is 14.3 Å². The molecular formula is C10H16O5. The first-order valence-electron chi connectivity index (χ1n) is 5.26. The number of aliphatic hydroxyl groups is 1. The maximum atomic E-state index is 10.5. The summed E-state index contributed by atoms with van der Waals surface area (Å²) in [4.78, 5) is 10.5. The fourth-order valence-electron chi connectivity index (χ4n) is 2.35. The Balaban J connectivity index is 2.00. The van der Waals surface area contributed by atoms with E-state index in [9.17, 15) is 9.90 Å². The predicted molar refractivity (Wildman–Crippen MR) is 50.3 cm³/mol. The van der Waals surface area contributed by atoms with Gasteiger partial charge in [-0.1, -0.05) is 0 Å². The van der Waals surface area contributed by atoms with Crippen LogP contribution in [0, 0.1) is 0 Å². The molecule has 86 valence electrons. The van der Waals surface area contributed by atoms with E-state index in [4.69, 9.17) is 14.6 Å². The number of hydrogen-bond acceptors (Lipinski definition) is 4. The fraction of sp³-hybridized carbons (Fsp3) is 0.900. The van der Waals surface area contributed by atoms with Crippen LogP contribution < -0.4 is 0 Å². The third kappa shape index (κ3) is 2.14. The van der Waals surface area contributed by atoms with E-state index < -0.39 is 24.0 Å². The largest absolute Gasteiger partial charge is 0.481 e. The summed E-state index contributed by atoms with van der Waals surface area (Å²) in [6.07, 6.45) is 0.615. The lowest BCUT2D eigenvalue weighted by Gasteiger charge is -2.23. The molecule has 0 aromatic rings. The Labute approximate surface area is 88.0 Å². The summed E-state index contributed by atoms with van der Waals surface area (Å²) in [5, 5.41) is 18.3. The molecule has 0 saturated carbocycles. The molecule has 4 atom stereocenters. The Morgan fingerprint density at radius 1 is 1.53 bits per heavy atom. The molecule has 2 aliphatic heterocycles. The lowest BCUT2D eigenvalue weighted by Crippen LogP contribution is -2.29. The van der Waals surface area contributed by atoms with Gasteiger partial charge in [0.05, 0.1) is 24.7 Å². The number of aliphatic hydroxyl groups excluding tert-OH is 1. The van der Waals surface area contributed by atoms with Crippen molar-refractivity contribution in [3.05, 3.63) is 0 Å². The number of carboxylic acids is 1. The first-order valence-corrected chi connectivity index (χ1v) is 5.26. The summed E-state index contributed by atoms with van der Waals surface area (Å²) >= 11 is 0. The van der Waals surface area contributed by atoms with Crippen molar-refractivity contribution >= 4 is 5.97 Å². The average molecular weight is 216 g/mol. The molecule has 0 radical (unpaired) electrons. The molecule has 0 aromatic carbocycles. The smallest absolute Gasteiger partial charge is 0.306 e. The van der Waals surface area contributed by atoms with Crippen LogP contribution in [0.3, 0.4) is 0 Å². The van der Waals surface area contributed by atoms with E-state index in [1.165, 1.54) is 0 Å². The van der Waals surface area contributed by atoms with Crippen molar-refractivity contribution in [1.29, 1.82) is 0 Å². The highest BCUT2D eigenvalue weighted by atomic mass is 16.7. The summed E-state index contributed by atoms with van der Waals surface area (Å²) in [6.45, 7) is 1.95. The predicted octanol–water partition coefficient (Wildman–Crippen LogP) is 0.506. The van der Waals surface area contributed by atoms with Crippen LogP contribution in [0.1, 0.15) is 32.6 Å². The molecule has 2 saturated heterocycles. The standard InChI is InChI=1S/C10H16O5/c1-6-2-3-10(14-6)5-7(11)8(15-10)4-9(12)13/h6-8,11H,2-5H2,1H3,(H,12,13)/t6-,7+,8+,10-/m0/s1. The third-order valence-corrected chi connectivity index (χ3v) is 3.04. The quantitative estimate of drug-likeness (QED) is 0.703. The van der Waals surface area contributed by atoms with Gasteiger partial charge in [-0.2, -0.15) is 0 Å². The second-order valence-electron chi connectivity index (χ2n) is 4.40. The summed E-state index contributed by atoms with van der Waals surface area (Å²) < 4.78 is 11.2. The molecule has 0 bridgehead atoms. The van der Waals surface area contributed by atoms with Crippen molar-refractivity contribution in [3.63, 3.8) is 0 Å². The van der Waals surface area contributed by atoms with Crippen LogP contribution in [0.5, 0.6) is 0 Å². The number of ether oxygens (including phenoxy) is 2. The molecule has 1 spiro atoms. The maximum absolute atomic E-state index is 10.5. The minimum Gasteiger partial charge on any atom is -0.481 e. The lowest BCUT2D eigenvalue weighted by atomic mass is 10.0. The molecule has 2 rings (SSSR count). The van der Waals surface area contributed by atoms with Crippen molar-refractivity contribution in [2.24, 2.45) is 0 Å². The first-order chi connectivity index (χ1) is 7.01. The van der Waals surface area contributed by atoms with Crippen LogP contribution in [0.15, 0.2) is 0 Å². The van der Waals surface area contributed by atoms with Crippen LogP contribution >= 0.6 is 0 Å².